The summed E-state index contributed by atoms with van der Waals surface area (Å²) >= 11 is 1.03. The van der Waals surface area contributed by atoms with Crippen LogP contribution in [-0.4, -0.2) is 22.1 Å². The number of esters is 1. The van der Waals surface area contributed by atoms with Gasteiger partial charge in [-0.2, -0.15) is 13.2 Å². The lowest BCUT2D eigenvalue weighted by Crippen LogP contribution is -2.06. The van der Waals surface area contributed by atoms with Crippen molar-refractivity contribution in [3.63, 3.8) is 0 Å². The average molecular weight is 524 g/mol. The van der Waals surface area contributed by atoms with E-state index in [-0.39, 0.29) is 30.0 Å². The number of rotatable bonds is 7. The van der Waals surface area contributed by atoms with E-state index in [9.17, 15) is 31.1 Å². The summed E-state index contributed by atoms with van der Waals surface area (Å²) in [5.74, 6) is -4.05. The summed E-state index contributed by atoms with van der Waals surface area (Å²) in [6, 6.07) is 10.5. The molecule has 0 unspecified atom stereocenters. The highest BCUT2D eigenvalue weighted by Gasteiger charge is 2.30. The number of fused-ring (bicyclic) bond motifs is 1. The molecule has 3 aromatic carbocycles. The Labute approximate surface area is 205 Å². The predicted octanol–water partition coefficient (Wildman–Crippen LogP) is 6.99. The van der Waals surface area contributed by atoms with Crippen molar-refractivity contribution < 1.29 is 35.9 Å². The van der Waals surface area contributed by atoms with Gasteiger partial charge in [-0.25, -0.2) is 22.9 Å². The highest BCUT2D eigenvalue weighted by atomic mass is 32.2. The van der Waals surface area contributed by atoms with Crippen LogP contribution in [0.2, 0.25) is 0 Å². The maximum Gasteiger partial charge on any atom is 0.416 e. The Hall–Kier alpha value is -3.47. The molecule has 0 aliphatic carbocycles. The molecule has 1 aromatic heterocycles. The fourth-order valence-electron chi connectivity index (χ4n) is 3.51. The molecule has 0 saturated carbocycles. The first-order chi connectivity index (χ1) is 17.1. The van der Waals surface area contributed by atoms with Crippen LogP contribution in [0.1, 0.15) is 34.0 Å². The summed E-state index contributed by atoms with van der Waals surface area (Å²) in [5.41, 5.74) is 0.893. The van der Waals surface area contributed by atoms with E-state index in [0.717, 1.165) is 30.0 Å². The van der Waals surface area contributed by atoms with E-state index in [4.69, 9.17) is 4.74 Å². The van der Waals surface area contributed by atoms with Crippen LogP contribution in [-0.2, 0) is 23.2 Å². The number of hydrogen-bond donors (Lipinski definition) is 0. The summed E-state index contributed by atoms with van der Waals surface area (Å²) in [4.78, 5) is 16.6. The van der Waals surface area contributed by atoms with Crippen molar-refractivity contribution >= 4 is 28.8 Å². The lowest BCUT2D eigenvalue weighted by atomic mass is 10.1. The van der Waals surface area contributed by atoms with Crippen LogP contribution in [0.4, 0.5) is 26.3 Å². The van der Waals surface area contributed by atoms with Crippen LogP contribution in [0.25, 0.3) is 11.0 Å². The number of benzene rings is 3. The third-order valence-corrected chi connectivity index (χ3v) is 6.32. The first kappa shape index (κ1) is 25.6. The van der Waals surface area contributed by atoms with Gasteiger partial charge in [0.05, 0.1) is 35.3 Å². The lowest BCUT2D eigenvalue weighted by molar-refractivity contribution is -0.137. The fraction of sp³-hybridized carbons (Fsp3) is 0.200. The van der Waals surface area contributed by atoms with Gasteiger partial charge in [-0.1, -0.05) is 23.9 Å². The first-order valence-electron chi connectivity index (χ1n) is 10.7. The van der Waals surface area contributed by atoms with Crippen molar-refractivity contribution in [1.82, 2.24) is 9.55 Å². The quantitative estimate of drug-likeness (QED) is 0.113. The van der Waals surface area contributed by atoms with Gasteiger partial charge in [0.2, 0.25) is 0 Å². The third-order valence-electron chi connectivity index (χ3n) is 5.29. The van der Waals surface area contributed by atoms with E-state index in [0.29, 0.717) is 27.8 Å². The van der Waals surface area contributed by atoms with Gasteiger partial charge in [0.15, 0.2) is 16.8 Å². The minimum absolute atomic E-state index is 0.0840. The lowest BCUT2D eigenvalue weighted by Gasteiger charge is -2.11. The second-order valence-corrected chi connectivity index (χ2v) is 8.69. The van der Waals surface area contributed by atoms with E-state index in [1.807, 2.05) is 0 Å². The van der Waals surface area contributed by atoms with E-state index >= 15 is 0 Å². The largest absolute Gasteiger partial charge is 0.462 e. The van der Waals surface area contributed by atoms with Crippen LogP contribution in [0.5, 0.6) is 0 Å². The maximum atomic E-state index is 14.1. The molecule has 36 heavy (non-hydrogen) atoms. The summed E-state index contributed by atoms with van der Waals surface area (Å²) in [5, 5.41) is 0.343. The Balaban J connectivity index is 1.70. The van der Waals surface area contributed by atoms with Crippen molar-refractivity contribution in [3.8, 4) is 0 Å². The molecule has 0 aliphatic heterocycles. The molecule has 0 atom stereocenters. The monoisotopic (exact) mass is 524 g/mol. The Morgan fingerprint density at radius 3 is 2.33 bits per heavy atom. The molecule has 188 valence electrons. The Morgan fingerprint density at radius 1 is 0.972 bits per heavy atom. The fourth-order valence-corrected chi connectivity index (χ4v) is 4.50. The molecule has 0 saturated heterocycles. The topological polar surface area (TPSA) is 44.1 Å². The molecule has 4 nitrogen and oxygen atoms in total. The molecule has 0 aliphatic rings. The Kier molecular flexibility index (Phi) is 7.30. The van der Waals surface area contributed by atoms with Crippen LogP contribution < -0.4 is 0 Å². The number of alkyl halides is 3. The zero-order chi connectivity index (χ0) is 26.0. The Bertz CT molecular complexity index is 1420. The second-order valence-electron chi connectivity index (χ2n) is 7.75. The van der Waals surface area contributed by atoms with E-state index < -0.39 is 35.2 Å². The number of imidazole rings is 1. The molecule has 4 rings (SSSR count). The van der Waals surface area contributed by atoms with E-state index in [1.165, 1.54) is 24.3 Å². The van der Waals surface area contributed by atoms with Gasteiger partial charge >= 0.3 is 12.1 Å². The van der Waals surface area contributed by atoms with Crippen LogP contribution in [0.15, 0.2) is 59.8 Å². The van der Waals surface area contributed by atoms with E-state index in [2.05, 4.69) is 4.98 Å². The molecular formula is C25H18F6N2O2S. The number of hydrogen-bond acceptors (Lipinski definition) is 4. The average Bonchev–Trinajstić information content (AvgIpc) is 3.17. The molecular weight excluding hydrogens is 506 g/mol. The number of aromatic nitrogens is 2. The third kappa shape index (κ3) is 5.51. The van der Waals surface area contributed by atoms with Crippen LogP contribution >= 0.6 is 11.8 Å². The minimum atomic E-state index is -4.47. The van der Waals surface area contributed by atoms with Crippen molar-refractivity contribution in [1.29, 1.82) is 0 Å². The standard InChI is InChI=1S/C25H18F6N2O2S/c1-2-35-23(34)15-5-8-22-21(10-15)32-24(36-13-16-9-19(27)20(28)11-18(16)26)33(22)12-14-3-6-17(7-4-14)25(29,30)31/h3-11H,2,12-13H2,1H3. The van der Waals surface area contributed by atoms with E-state index in [1.54, 1.807) is 17.6 Å². The first-order valence-corrected chi connectivity index (χ1v) is 11.6. The van der Waals surface area contributed by atoms with Crippen molar-refractivity contribution in [2.45, 2.75) is 30.6 Å². The number of thioether (sulfide) groups is 1. The minimum Gasteiger partial charge on any atom is -0.462 e. The zero-order valence-corrected chi connectivity index (χ0v) is 19.5. The van der Waals surface area contributed by atoms with Crippen LogP contribution in [0, 0.1) is 17.5 Å². The van der Waals surface area contributed by atoms with Gasteiger partial charge in [0, 0.05) is 17.4 Å². The van der Waals surface area contributed by atoms with Gasteiger partial charge in [0.1, 0.15) is 5.82 Å². The Morgan fingerprint density at radius 2 is 1.67 bits per heavy atom. The summed E-state index contributed by atoms with van der Waals surface area (Å²) in [6.07, 6.45) is -4.47. The van der Waals surface area contributed by atoms with Crippen molar-refractivity contribution in [2.75, 3.05) is 6.61 Å². The smallest absolute Gasteiger partial charge is 0.416 e. The number of carbonyl (C=O) groups excluding carboxylic acids is 1. The van der Waals surface area contributed by atoms with Gasteiger partial charge < -0.3 is 9.30 Å². The molecule has 0 N–H and O–H groups in total. The molecule has 0 bridgehead atoms. The van der Waals surface area contributed by atoms with Crippen molar-refractivity contribution in [3.05, 3.63) is 94.3 Å². The molecule has 0 amide bonds. The maximum absolute atomic E-state index is 14.1. The normalized spacial score (nSPS) is 11.8. The molecule has 1 heterocycles. The van der Waals surface area contributed by atoms with Crippen LogP contribution in [0.3, 0.4) is 0 Å². The highest BCUT2D eigenvalue weighted by Crippen LogP contribution is 2.32. The number of halogens is 6. The SMILES string of the molecule is CCOC(=O)c1ccc2c(c1)nc(SCc1cc(F)c(F)cc1F)n2Cc1ccc(C(F)(F)F)cc1. The van der Waals surface area contributed by atoms with Crippen molar-refractivity contribution in [2.24, 2.45) is 0 Å². The van der Waals surface area contributed by atoms with Gasteiger partial charge in [-0.15, -0.1) is 0 Å². The highest BCUT2D eigenvalue weighted by molar-refractivity contribution is 7.98. The zero-order valence-electron chi connectivity index (χ0n) is 18.7. The van der Waals surface area contributed by atoms with Gasteiger partial charge in [-0.05, 0) is 48.9 Å². The van der Waals surface area contributed by atoms with Gasteiger partial charge in [-0.3, -0.25) is 0 Å². The number of nitrogens with zero attached hydrogens (tertiary/aromatic N) is 2. The van der Waals surface area contributed by atoms with Gasteiger partial charge in [0.25, 0.3) is 0 Å². The molecule has 0 fully saturated rings. The molecule has 0 radical (unpaired) electrons. The molecule has 0 spiro atoms. The summed E-state index contributed by atoms with van der Waals surface area (Å²) < 4.78 is 86.6. The molecule has 4 aromatic rings. The number of carbonyl (C=O) groups is 1. The second kappa shape index (κ2) is 10.3. The summed E-state index contributed by atoms with van der Waals surface area (Å²) in [6.45, 7) is 1.97. The number of ether oxygens (including phenoxy) is 1. The summed E-state index contributed by atoms with van der Waals surface area (Å²) in [7, 11) is 0. The predicted molar refractivity (Wildman–Crippen MR) is 122 cm³/mol. The molecule has 11 heteroatoms.